The van der Waals surface area contributed by atoms with E-state index in [1.165, 1.54) is 0 Å². The minimum atomic E-state index is -0.285. The number of aromatic nitrogens is 2. The highest BCUT2D eigenvalue weighted by Crippen LogP contribution is 2.28. The molecule has 2 fully saturated rings. The van der Waals surface area contributed by atoms with Gasteiger partial charge in [0, 0.05) is 45.9 Å². The largest absolute Gasteiger partial charge is 0.495 e. The third-order valence-electron chi connectivity index (χ3n) is 6.60. The van der Waals surface area contributed by atoms with Crippen LogP contribution >= 0.6 is 0 Å². The van der Waals surface area contributed by atoms with Crippen molar-refractivity contribution in [1.82, 2.24) is 14.9 Å². The molecule has 2 aliphatic rings. The molecule has 2 saturated heterocycles. The number of piperazine rings is 1. The fourth-order valence-electron chi connectivity index (χ4n) is 4.71. The Morgan fingerprint density at radius 3 is 2.54 bits per heavy atom. The Bertz CT molecular complexity index is 964. The van der Waals surface area contributed by atoms with E-state index in [1.54, 1.807) is 7.11 Å². The van der Waals surface area contributed by atoms with Gasteiger partial charge in [0.2, 0.25) is 5.95 Å². The Balaban J connectivity index is 1.23. The maximum Gasteiger partial charge on any atom is 0.223 e. The van der Waals surface area contributed by atoms with Gasteiger partial charge in [-0.05, 0) is 45.2 Å². The number of ketones is 1. The molecule has 0 spiro atoms. The van der Waals surface area contributed by atoms with Crippen molar-refractivity contribution in [3.05, 3.63) is 41.2 Å². The average molecular weight is 484 g/mol. The van der Waals surface area contributed by atoms with Crippen molar-refractivity contribution in [2.75, 3.05) is 69.8 Å². The second kappa shape index (κ2) is 12.3. The third kappa shape index (κ3) is 6.68. The molecule has 0 amide bonds. The summed E-state index contributed by atoms with van der Waals surface area (Å²) in [6.07, 6.45) is 2.66. The van der Waals surface area contributed by atoms with Gasteiger partial charge < -0.3 is 24.4 Å². The second-order valence-electron chi connectivity index (χ2n) is 9.05. The van der Waals surface area contributed by atoms with E-state index in [0.29, 0.717) is 29.5 Å². The van der Waals surface area contributed by atoms with E-state index in [4.69, 9.17) is 14.2 Å². The highest BCUT2D eigenvalue weighted by Gasteiger charge is 2.21. The van der Waals surface area contributed by atoms with Crippen molar-refractivity contribution in [3.8, 4) is 5.75 Å². The van der Waals surface area contributed by atoms with E-state index >= 15 is 0 Å². The Labute approximate surface area is 207 Å². The summed E-state index contributed by atoms with van der Waals surface area (Å²) in [7, 11) is 1.72. The molecule has 4 rings (SSSR count). The summed E-state index contributed by atoms with van der Waals surface area (Å²) in [5.74, 6) is 1.37. The number of carbonyl (C=O) groups excluding carboxylic acids is 1. The molecular weight excluding hydrogens is 446 g/mol. The van der Waals surface area contributed by atoms with Gasteiger partial charge in [0.15, 0.2) is 12.1 Å². The molecule has 2 aromatic rings. The predicted molar refractivity (Wildman–Crippen MR) is 136 cm³/mol. The molecular formula is C26H37N5O4. The Morgan fingerprint density at radius 2 is 1.86 bits per heavy atom. The number of nitrogens with one attached hydrogen (secondary N) is 1. The number of para-hydroxylation sites is 2. The summed E-state index contributed by atoms with van der Waals surface area (Å²) in [5, 5.41) is 3.32. The zero-order chi connectivity index (χ0) is 24.6. The number of methoxy groups -OCH3 is 1. The number of hydrogen-bond acceptors (Lipinski definition) is 9. The van der Waals surface area contributed by atoms with Crippen molar-refractivity contribution < 1.29 is 19.0 Å². The number of nitrogens with zero attached hydrogens (tertiary/aromatic N) is 4. The van der Waals surface area contributed by atoms with Gasteiger partial charge in [-0.15, -0.1) is 0 Å². The highest BCUT2D eigenvalue weighted by molar-refractivity contribution is 5.99. The number of Topliss-reactive ketones (excluding diaryl/α,β-unsaturated/α-hetero) is 1. The Kier molecular flexibility index (Phi) is 8.90. The molecule has 1 unspecified atom stereocenters. The molecule has 190 valence electrons. The van der Waals surface area contributed by atoms with Crippen LogP contribution in [-0.2, 0) is 9.47 Å². The van der Waals surface area contributed by atoms with Crippen LogP contribution in [0.25, 0.3) is 0 Å². The summed E-state index contributed by atoms with van der Waals surface area (Å²) in [5.41, 5.74) is 3.03. The van der Waals surface area contributed by atoms with E-state index in [-0.39, 0.29) is 18.7 Å². The lowest BCUT2D eigenvalue weighted by atomic mass is 10.1. The molecule has 1 N–H and O–H groups in total. The van der Waals surface area contributed by atoms with Gasteiger partial charge in [0.1, 0.15) is 12.4 Å². The van der Waals surface area contributed by atoms with Crippen molar-refractivity contribution in [2.24, 2.45) is 0 Å². The van der Waals surface area contributed by atoms with Gasteiger partial charge in [0.25, 0.3) is 0 Å². The van der Waals surface area contributed by atoms with Gasteiger partial charge >= 0.3 is 0 Å². The first-order valence-corrected chi connectivity index (χ1v) is 12.5. The van der Waals surface area contributed by atoms with Crippen molar-refractivity contribution in [2.45, 2.75) is 39.4 Å². The van der Waals surface area contributed by atoms with Crippen LogP contribution in [0.5, 0.6) is 5.75 Å². The van der Waals surface area contributed by atoms with Crippen LogP contribution in [-0.4, -0.2) is 86.5 Å². The number of rotatable bonds is 10. The lowest BCUT2D eigenvalue weighted by molar-refractivity contribution is -0.155. The molecule has 0 saturated carbocycles. The third-order valence-corrected chi connectivity index (χ3v) is 6.60. The van der Waals surface area contributed by atoms with Crippen molar-refractivity contribution in [3.63, 3.8) is 0 Å². The summed E-state index contributed by atoms with van der Waals surface area (Å²) in [6.45, 7) is 9.90. The van der Waals surface area contributed by atoms with Gasteiger partial charge in [-0.3, -0.25) is 9.69 Å². The smallest absolute Gasteiger partial charge is 0.223 e. The van der Waals surface area contributed by atoms with Crippen LogP contribution in [0.15, 0.2) is 24.3 Å². The molecule has 35 heavy (non-hydrogen) atoms. The summed E-state index contributed by atoms with van der Waals surface area (Å²) < 4.78 is 16.7. The molecule has 1 aromatic heterocycles. The Hall–Kier alpha value is -2.75. The minimum Gasteiger partial charge on any atom is -0.495 e. The molecule has 2 aliphatic heterocycles. The maximum absolute atomic E-state index is 12.7. The first kappa shape index (κ1) is 25.3. The lowest BCUT2D eigenvalue weighted by Crippen LogP contribution is -2.47. The number of ether oxygens (including phenoxy) is 3. The van der Waals surface area contributed by atoms with Crippen LogP contribution in [0.1, 0.15) is 41.0 Å². The predicted octanol–water partition coefficient (Wildman–Crippen LogP) is 3.06. The number of hydrogen-bond donors (Lipinski definition) is 1. The summed E-state index contributed by atoms with van der Waals surface area (Å²) >= 11 is 0. The van der Waals surface area contributed by atoms with Gasteiger partial charge in [-0.1, -0.05) is 12.1 Å². The normalized spacial score (nSPS) is 18.9. The van der Waals surface area contributed by atoms with Crippen LogP contribution in [0.4, 0.5) is 11.6 Å². The molecule has 1 atom stereocenters. The topological polar surface area (TPSA) is 89.1 Å². The highest BCUT2D eigenvalue weighted by atomic mass is 16.7. The number of carbonyl (C=O) groups is 1. The fraction of sp³-hybridized carbons (Fsp3) is 0.577. The quantitative estimate of drug-likeness (QED) is 0.512. The van der Waals surface area contributed by atoms with Gasteiger partial charge in [0.05, 0.1) is 29.7 Å². The Morgan fingerprint density at radius 1 is 1.11 bits per heavy atom. The molecule has 0 aliphatic carbocycles. The number of benzene rings is 1. The van der Waals surface area contributed by atoms with E-state index < -0.39 is 0 Å². The summed E-state index contributed by atoms with van der Waals surface area (Å²) in [4.78, 5) is 26.6. The molecule has 0 bridgehead atoms. The maximum atomic E-state index is 12.7. The van der Waals surface area contributed by atoms with Crippen molar-refractivity contribution >= 4 is 17.4 Å². The number of aryl methyl sites for hydroxylation is 2. The minimum absolute atomic E-state index is 0.0106. The molecule has 3 heterocycles. The summed E-state index contributed by atoms with van der Waals surface area (Å²) in [6, 6.07) is 8.17. The van der Waals surface area contributed by atoms with E-state index in [9.17, 15) is 4.79 Å². The lowest BCUT2D eigenvalue weighted by Gasteiger charge is -2.36. The number of anilines is 2. The van der Waals surface area contributed by atoms with Crippen LogP contribution in [0, 0.1) is 13.8 Å². The molecule has 9 nitrogen and oxygen atoms in total. The van der Waals surface area contributed by atoms with Crippen LogP contribution < -0.4 is 15.0 Å². The van der Waals surface area contributed by atoms with E-state index in [1.807, 2.05) is 26.0 Å². The first-order valence-electron chi connectivity index (χ1n) is 12.5. The second-order valence-corrected chi connectivity index (χ2v) is 9.05. The van der Waals surface area contributed by atoms with Gasteiger partial charge in [-0.25, -0.2) is 9.97 Å². The average Bonchev–Trinajstić information content (AvgIpc) is 2.88. The zero-order valence-electron chi connectivity index (χ0n) is 21.1. The van der Waals surface area contributed by atoms with E-state index in [0.717, 1.165) is 70.0 Å². The standard InChI is InChI=1S/C26H37N5O4/c1-19-25(22(32)18-35-24-10-6-7-17-34-24)20(2)29-26(28-19)27-11-12-30-13-15-31(16-14-30)21-8-4-5-9-23(21)33-3/h4-5,8-9,24H,6-7,10-18H2,1-3H3,(H,27,28,29). The van der Waals surface area contributed by atoms with E-state index in [2.05, 4.69) is 37.2 Å². The van der Waals surface area contributed by atoms with Crippen LogP contribution in [0.2, 0.25) is 0 Å². The fourth-order valence-corrected chi connectivity index (χ4v) is 4.71. The van der Waals surface area contributed by atoms with Crippen molar-refractivity contribution in [1.29, 1.82) is 0 Å². The van der Waals surface area contributed by atoms with Crippen LogP contribution in [0.3, 0.4) is 0 Å². The molecule has 9 heteroatoms. The zero-order valence-corrected chi connectivity index (χ0v) is 21.1. The molecule has 1 aromatic carbocycles. The molecule has 0 radical (unpaired) electrons. The monoisotopic (exact) mass is 483 g/mol. The SMILES string of the molecule is COc1ccccc1N1CCN(CCNc2nc(C)c(C(=O)COC3CCCCO3)c(C)n2)CC1. The van der Waals surface area contributed by atoms with Gasteiger partial charge in [-0.2, -0.15) is 0 Å². The first-order chi connectivity index (χ1) is 17.0.